The van der Waals surface area contributed by atoms with Gasteiger partial charge in [-0.3, -0.25) is 4.79 Å². The fourth-order valence-corrected chi connectivity index (χ4v) is 2.69. The Hall–Kier alpha value is -2.26. The van der Waals surface area contributed by atoms with Gasteiger partial charge in [0.05, 0.1) is 11.3 Å². The Morgan fingerprint density at radius 2 is 1.66 bits per heavy atom. The number of rotatable bonds is 7. The maximum Gasteiger partial charge on any atom is 0.337 e. The van der Waals surface area contributed by atoms with Gasteiger partial charge in [0, 0.05) is 0 Å². The van der Waals surface area contributed by atoms with Crippen LogP contribution in [0.5, 0.6) is 5.75 Å². The van der Waals surface area contributed by atoms with Crippen molar-refractivity contribution in [2.75, 3.05) is 11.9 Å². The zero-order valence-electron chi connectivity index (χ0n) is 14.7. The third-order valence-electron chi connectivity index (χ3n) is 3.43. The van der Waals surface area contributed by atoms with E-state index in [2.05, 4.69) is 16.0 Å². The van der Waals surface area contributed by atoms with Gasteiger partial charge >= 0.3 is 5.97 Å². The summed E-state index contributed by atoms with van der Waals surface area (Å²) in [6, 6.07) is 14.8. The molecule has 2 rings (SSSR count). The third-order valence-corrected chi connectivity index (χ3v) is 4.30. The smallest absolute Gasteiger partial charge is 0.337 e. The number of thiocarbonyl (C=S) groups is 1. The van der Waals surface area contributed by atoms with Crippen LogP contribution in [0.25, 0.3) is 0 Å². The van der Waals surface area contributed by atoms with Gasteiger partial charge < -0.3 is 25.8 Å². The van der Waals surface area contributed by atoms with Crippen LogP contribution in [0.3, 0.4) is 0 Å². The van der Waals surface area contributed by atoms with Crippen LogP contribution >= 0.6 is 47.0 Å². The van der Waals surface area contributed by atoms with Crippen molar-refractivity contribution in [3.05, 3.63) is 60.2 Å². The number of nitrogens with one attached hydrogen (secondary N) is 3. The molecule has 0 aliphatic heterocycles. The molecule has 29 heavy (non-hydrogen) atoms. The van der Waals surface area contributed by atoms with E-state index in [-0.39, 0.29) is 23.0 Å². The van der Waals surface area contributed by atoms with Crippen molar-refractivity contribution in [1.29, 1.82) is 0 Å². The second-order valence-electron chi connectivity index (χ2n) is 5.59. The van der Waals surface area contributed by atoms with Crippen molar-refractivity contribution in [1.82, 2.24) is 10.6 Å². The molecule has 0 heterocycles. The number of amides is 1. The van der Waals surface area contributed by atoms with E-state index in [0.717, 1.165) is 0 Å². The number of carbonyl (C=O) groups is 2. The second kappa shape index (κ2) is 10.5. The van der Waals surface area contributed by atoms with Gasteiger partial charge in [-0.15, -0.1) is 0 Å². The summed E-state index contributed by atoms with van der Waals surface area (Å²) in [6.45, 7) is -0.315. The largest absolute Gasteiger partial charge is 0.484 e. The van der Waals surface area contributed by atoms with Crippen LogP contribution in [0.2, 0.25) is 0 Å². The minimum absolute atomic E-state index is 0.00220. The van der Waals surface area contributed by atoms with Gasteiger partial charge in [0.1, 0.15) is 11.9 Å². The van der Waals surface area contributed by atoms with Crippen LogP contribution < -0.4 is 20.7 Å². The average molecular weight is 477 g/mol. The van der Waals surface area contributed by atoms with Crippen LogP contribution in [0.1, 0.15) is 10.4 Å². The number of halogens is 3. The Morgan fingerprint density at radius 1 is 1.03 bits per heavy atom. The molecular formula is C18H16Cl3N3O4S. The maximum atomic E-state index is 12.2. The van der Waals surface area contributed by atoms with E-state index in [1.807, 2.05) is 6.07 Å². The van der Waals surface area contributed by atoms with Crippen LogP contribution in [0.15, 0.2) is 54.6 Å². The van der Waals surface area contributed by atoms with Gasteiger partial charge in [-0.2, -0.15) is 0 Å². The molecule has 0 saturated carbocycles. The third kappa shape index (κ3) is 7.58. The lowest BCUT2D eigenvalue weighted by Gasteiger charge is -2.28. The minimum atomic E-state index is -1.96. The molecule has 1 amide bonds. The number of aromatic carboxylic acids is 1. The van der Waals surface area contributed by atoms with Gasteiger partial charge in [0.2, 0.25) is 3.79 Å². The summed E-state index contributed by atoms with van der Waals surface area (Å²) in [5.74, 6) is -1.20. The quantitative estimate of drug-likeness (QED) is 0.275. The first-order chi connectivity index (χ1) is 13.7. The van der Waals surface area contributed by atoms with Gasteiger partial charge in [-0.1, -0.05) is 65.1 Å². The molecule has 0 spiro atoms. The molecule has 154 valence electrons. The molecule has 0 aliphatic carbocycles. The highest BCUT2D eigenvalue weighted by atomic mass is 35.6. The van der Waals surface area contributed by atoms with Gasteiger partial charge in [0.15, 0.2) is 11.7 Å². The van der Waals surface area contributed by atoms with Crippen molar-refractivity contribution in [2.45, 2.75) is 9.96 Å². The zero-order valence-corrected chi connectivity index (χ0v) is 17.8. The lowest BCUT2D eigenvalue weighted by atomic mass is 10.2. The number of carbonyl (C=O) groups excluding carboxylic acids is 1. The molecule has 0 radical (unpaired) electrons. The fraction of sp³-hybridized carbons (Fsp3) is 0.167. The first-order valence-corrected chi connectivity index (χ1v) is 9.65. The van der Waals surface area contributed by atoms with Crippen LogP contribution in [-0.2, 0) is 4.79 Å². The van der Waals surface area contributed by atoms with Crippen molar-refractivity contribution < 1.29 is 19.4 Å². The number of carboxylic acid groups (broad SMARTS) is 1. The fourth-order valence-electron chi connectivity index (χ4n) is 2.14. The summed E-state index contributed by atoms with van der Waals surface area (Å²) in [6.07, 6.45) is -1.21. The molecule has 2 aromatic rings. The van der Waals surface area contributed by atoms with Gasteiger partial charge in [-0.25, -0.2) is 4.79 Å². The molecule has 0 fully saturated rings. The van der Waals surface area contributed by atoms with Crippen molar-refractivity contribution >= 4 is 69.7 Å². The Bertz CT molecular complexity index is 878. The van der Waals surface area contributed by atoms with E-state index < -0.39 is 21.8 Å². The summed E-state index contributed by atoms with van der Waals surface area (Å²) in [7, 11) is 0. The minimum Gasteiger partial charge on any atom is -0.484 e. The average Bonchev–Trinajstić information content (AvgIpc) is 2.66. The van der Waals surface area contributed by atoms with Crippen LogP contribution in [0.4, 0.5) is 5.69 Å². The predicted octanol–water partition coefficient (Wildman–Crippen LogP) is 3.56. The number of benzene rings is 2. The standard InChI is InChI=1S/C18H16Cl3N3O4S/c19-18(20,21)16(23-14(25)10-28-11-6-2-1-3-7-11)24-17(29)22-13-9-5-4-8-12(13)15(26)27/h1-9,16H,10H2,(H,23,25)(H,26,27)(H2,22,24,29)/t16-/m0/s1. The molecule has 1 atom stereocenters. The normalized spacial score (nSPS) is 11.8. The van der Waals surface area contributed by atoms with E-state index in [1.165, 1.54) is 12.1 Å². The maximum absolute atomic E-state index is 12.2. The Kier molecular flexibility index (Phi) is 8.33. The number of hydrogen-bond donors (Lipinski definition) is 4. The zero-order chi connectivity index (χ0) is 21.4. The first-order valence-electron chi connectivity index (χ1n) is 8.10. The van der Waals surface area contributed by atoms with E-state index >= 15 is 0 Å². The highest BCUT2D eigenvalue weighted by molar-refractivity contribution is 7.80. The lowest BCUT2D eigenvalue weighted by Crippen LogP contribution is -2.57. The highest BCUT2D eigenvalue weighted by Gasteiger charge is 2.34. The predicted molar refractivity (Wildman–Crippen MR) is 117 cm³/mol. The molecule has 7 nitrogen and oxygen atoms in total. The van der Waals surface area contributed by atoms with E-state index in [9.17, 15) is 14.7 Å². The number of hydrogen-bond acceptors (Lipinski definition) is 4. The summed E-state index contributed by atoms with van der Waals surface area (Å²) in [4.78, 5) is 23.4. The monoisotopic (exact) mass is 475 g/mol. The molecule has 4 N–H and O–H groups in total. The van der Waals surface area contributed by atoms with Crippen molar-refractivity contribution in [3.8, 4) is 5.75 Å². The number of alkyl halides is 3. The SMILES string of the molecule is O=C(COc1ccccc1)N[C@@H](NC(=S)Nc1ccccc1C(=O)O)C(Cl)(Cl)Cl. The van der Waals surface area contributed by atoms with Crippen molar-refractivity contribution in [3.63, 3.8) is 0 Å². The summed E-state index contributed by atoms with van der Waals surface area (Å²) in [5, 5.41) is 17.0. The number of para-hydroxylation sites is 2. The number of anilines is 1. The number of ether oxygens (including phenoxy) is 1. The molecule has 2 aromatic carbocycles. The molecule has 0 unspecified atom stereocenters. The summed E-state index contributed by atoms with van der Waals surface area (Å²) < 4.78 is 3.38. The lowest BCUT2D eigenvalue weighted by molar-refractivity contribution is -0.123. The molecule has 0 bridgehead atoms. The highest BCUT2D eigenvalue weighted by Crippen LogP contribution is 2.29. The number of carboxylic acids is 1. The Balaban J connectivity index is 1.99. The second-order valence-corrected chi connectivity index (χ2v) is 8.37. The Labute approximate surface area is 187 Å². The van der Waals surface area contributed by atoms with Crippen LogP contribution in [0, 0.1) is 0 Å². The molecular weight excluding hydrogens is 461 g/mol. The van der Waals surface area contributed by atoms with E-state index in [4.69, 9.17) is 51.8 Å². The van der Waals surface area contributed by atoms with Crippen molar-refractivity contribution in [2.24, 2.45) is 0 Å². The molecule has 0 aromatic heterocycles. The molecule has 0 saturated heterocycles. The van der Waals surface area contributed by atoms with E-state index in [0.29, 0.717) is 5.75 Å². The molecule has 11 heteroatoms. The summed E-state index contributed by atoms with van der Waals surface area (Å²) >= 11 is 22.9. The molecule has 0 aliphatic rings. The Morgan fingerprint density at radius 3 is 2.28 bits per heavy atom. The van der Waals surface area contributed by atoms with Gasteiger partial charge in [0.25, 0.3) is 5.91 Å². The van der Waals surface area contributed by atoms with Gasteiger partial charge in [-0.05, 0) is 36.5 Å². The first kappa shape index (κ1) is 23.0. The topological polar surface area (TPSA) is 99.7 Å². The van der Waals surface area contributed by atoms with Crippen LogP contribution in [-0.4, -0.2) is 38.7 Å². The van der Waals surface area contributed by atoms with E-state index in [1.54, 1.807) is 36.4 Å². The summed E-state index contributed by atoms with van der Waals surface area (Å²) in [5.41, 5.74) is 0.238.